The summed E-state index contributed by atoms with van der Waals surface area (Å²) in [4.78, 5) is 12.5. The molecule has 0 unspecified atom stereocenters. The molecule has 0 bridgehead atoms. The van der Waals surface area contributed by atoms with Crippen molar-refractivity contribution in [1.29, 1.82) is 0 Å². The highest BCUT2D eigenvalue weighted by atomic mass is 79.9. The van der Waals surface area contributed by atoms with Crippen molar-refractivity contribution in [2.45, 2.75) is 20.8 Å². The van der Waals surface area contributed by atoms with Crippen LogP contribution in [-0.2, 0) is 0 Å². The minimum absolute atomic E-state index is 0.178. The van der Waals surface area contributed by atoms with Crippen LogP contribution in [0.4, 0.5) is 5.69 Å². The monoisotopic (exact) mass is 347 g/mol. The molecule has 0 aromatic heterocycles. The van der Waals surface area contributed by atoms with E-state index in [1.807, 2.05) is 45.0 Å². The van der Waals surface area contributed by atoms with Crippen molar-refractivity contribution >= 4 is 27.5 Å². The van der Waals surface area contributed by atoms with Crippen molar-refractivity contribution in [1.82, 2.24) is 0 Å². The Morgan fingerprint density at radius 3 is 2.43 bits per heavy atom. The van der Waals surface area contributed by atoms with Gasteiger partial charge in [-0.25, -0.2) is 0 Å². The third-order valence-electron chi connectivity index (χ3n) is 3.27. The van der Waals surface area contributed by atoms with Crippen LogP contribution < -0.4 is 10.1 Å². The summed E-state index contributed by atoms with van der Waals surface area (Å²) in [6.07, 6.45) is 0. The number of hydrogen-bond acceptors (Lipinski definition) is 2. The molecule has 0 saturated carbocycles. The second-order valence-electron chi connectivity index (χ2n) is 5.10. The third kappa shape index (κ3) is 3.45. The fraction of sp³-hybridized carbons (Fsp3) is 0.235. The summed E-state index contributed by atoms with van der Waals surface area (Å²) in [5.41, 5.74) is 4.49. The second-order valence-corrected chi connectivity index (χ2v) is 5.95. The standard InChI is InChI=1S/C17H18BrNO2/c1-10-5-6-15(21-4)13(8-10)17(20)19-16-12(3)7-11(2)9-14(16)18/h5-9H,1-4H3,(H,19,20). The lowest BCUT2D eigenvalue weighted by molar-refractivity contribution is 0.102. The van der Waals surface area contributed by atoms with E-state index in [0.29, 0.717) is 11.3 Å². The molecule has 0 aliphatic carbocycles. The SMILES string of the molecule is COc1ccc(C)cc1C(=O)Nc1c(C)cc(C)cc1Br. The summed E-state index contributed by atoms with van der Waals surface area (Å²) >= 11 is 3.50. The van der Waals surface area contributed by atoms with E-state index < -0.39 is 0 Å². The Kier molecular flexibility index (Phi) is 4.68. The summed E-state index contributed by atoms with van der Waals surface area (Å²) in [5, 5.41) is 2.96. The average Bonchev–Trinajstić information content (AvgIpc) is 2.42. The Morgan fingerprint density at radius 1 is 1.10 bits per heavy atom. The van der Waals surface area contributed by atoms with Gasteiger partial charge in [-0.15, -0.1) is 0 Å². The number of anilines is 1. The molecule has 0 saturated heterocycles. The lowest BCUT2D eigenvalue weighted by atomic mass is 10.1. The fourth-order valence-corrected chi connectivity index (χ4v) is 3.03. The zero-order valence-corrected chi connectivity index (χ0v) is 14.2. The number of amides is 1. The van der Waals surface area contributed by atoms with Crippen LogP contribution in [0.2, 0.25) is 0 Å². The summed E-state index contributed by atoms with van der Waals surface area (Å²) in [5.74, 6) is 0.391. The second kappa shape index (κ2) is 6.31. The number of carbonyl (C=O) groups is 1. The van der Waals surface area contributed by atoms with Gasteiger partial charge in [0.25, 0.3) is 5.91 Å². The first-order valence-electron chi connectivity index (χ1n) is 6.65. The quantitative estimate of drug-likeness (QED) is 0.878. The number of nitrogens with one attached hydrogen (secondary N) is 1. The number of ether oxygens (including phenoxy) is 1. The van der Waals surface area contributed by atoms with Crippen LogP contribution >= 0.6 is 15.9 Å². The normalized spacial score (nSPS) is 10.3. The zero-order valence-electron chi connectivity index (χ0n) is 12.6. The number of halogens is 1. The third-order valence-corrected chi connectivity index (χ3v) is 3.90. The Hall–Kier alpha value is -1.81. The van der Waals surface area contributed by atoms with E-state index in [-0.39, 0.29) is 5.91 Å². The van der Waals surface area contributed by atoms with Gasteiger partial charge in [0.05, 0.1) is 18.4 Å². The van der Waals surface area contributed by atoms with Crippen LogP contribution in [0.1, 0.15) is 27.0 Å². The van der Waals surface area contributed by atoms with Gasteiger partial charge in [0.15, 0.2) is 0 Å². The van der Waals surface area contributed by atoms with Crippen LogP contribution in [0, 0.1) is 20.8 Å². The van der Waals surface area contributed by atoms with Crippen molar-refractivity contribution < 1.29 is 9.53 Å². The maximum Gasteiger partial charge on any atom is 0.259 e. The van der Waals surface area contributed by atoms with E-state index in [4.69, 9.17) is 4.74 Å². The van der Waals surface area contributed by atoms with Gasteiger partial charge in [0.1, 0.15) is 5.75 Å². The van der Waals surface area contributed by atoms with Gasteiger partial charge >= 0.3 is 0 Å². The maximum absolute atomic E-state index is 12.5. The van der Waals surface area contributed by atoms with E-state index in [0.717, 1.165) is 26.9 Å². The first-order valence-corrected chi connectivity index (χ1v) is 7.44. The van der Waals surface area contributed by atoms with E-state index in [9.17, 15) is 4.79 Å². The lowest BCUT2D eigenvalue weighted by Crippen LogP contribution is -2.14. The summed E-state index contributed by atoms with van der Waals surface area (Å²) in [6, 6.07) is 9.57. The number of benzene rings is 2. The highest BCUT2D eigenvalue weighted by Crippen LogP contribution is 2.29. The Balaban J connectivity index is 2.37. The van der Waals surface area contributed by atoms with Crippen molar-refractivity contribution in [2.75, 3.05) is 12.4 Å². The molecule has 110 valence electrons. The molecule has 0 spiro atoms. The van der Waals surface area contributed by atoms with Crippen molar-refractivity contribution in [3.05, 3.63) is 57.1 Å². The first kappa shape index (κ1) is 15.6. The molecular weight excluding hydrogens is 330 g/mol. The van der Waals surface area contributed by atoms with Crippen molar-refractivity contribution in [3.8, 4) is 5.75 Å². The number of hydrogen-bond donors (Lipinski definition) is 1. The Labute approximate surface area is 133 Å². The van der Waals surface area contributed by atoms with Gasteiger partial charge in [-0.2, -0.15) is 0 Å². The molecule has 2 aromatic rings. The fourth-order valence-electron chi connectivity index (χ4n) is 2.25. The predicted octanol–water partition coefficient (Wildman–Crippen LogP) is 4.64. The minimum Gasteiger partial charge on any atom is -0.496 e. The van der Waals surface area contributed by atoms with Crippen LogP contribution in [0.3, 0.4) is 0 Å². The van der Waals surface area contributed by atoms with Gasteiger partial charge in [-0.3, -0.25) is 4.79 Å². The van der Waals surface area contributed by atoms with E-state index >= 15 is 0 Å². The molecule has 0 aliphatic heterocycles. The van der Waals surface area contributed by atoms with Crippen LogP contribution in [0.15, 0.2) is 34.8 Å². The van der Waals surface area contributed by atoms with E-state index in [2.05, 4.69) is 21.2 Å². The van der Waals surface area contributed by atoms with E-state index in [1.54, 1.807) is 13.2 Å². The van der Waals surface area contributed by atoms with Gasteiger partial charge in [0, 0.05) is 4.47 Å². The molecule has 3 nitrogen and oxygen atoms in total. The summed E-state index contributed by atoms with van der Waals surface area (Å²) in [6.45, 7) is 5.94. The molecule has 2 rings (SSSR count). The predicted molar refractivity (Wildman–Crippen MR) is 89.3 cm³/mol. The van der Waals surface area contributed by atoms with Gasteiger partial charge < -0.3 is 10.1 Å². The molecule has 0 heterocycles. The zero-order chi connectivity index (χ0) is 15.6. The smallest absolute Gasteiger partial charge is 0.259 e. The first-order chi connectivity index (χ1) is 9.92. The highest BCUT2D eigenvalue weighted by molar-refractivity contribution is 9.10. The molecule has 21 heavy (non-hydrogen) atoms. The molecular formula is C17H18BrNO2. The number of rotatable bonds is 3. The molecule has 1 N–H and O–H groups in total. The number of aryl methyl sites for hydroxylation is 3. The molecule has 1 amide bonds. The minimum atomic E-state index is -0.178. The van der Waals surface area contributed by atoms with Gasteiger partial charge in [0.2, 0.25) is 0 Å². The molecule has 0 fully saturated rings. The van der Waals surface area contributed by atoms with Crippen LogP contribution in [-0.4, -0.2) is 13.0 Å². The number of methoxy groups -OCH3 is 1. The molecule has 2 aromatic carbocycles. The average molecular weight is 348 g/mol. The molecule has 0 aliphatic rings. The largest absolute Gasteiger partial charge is 0.496 e. The van der Waals surface area contributed by atoms with Crippen molar-refractivity contribution in [2.24, 2.45) is 0 Å². The van der Waals surface area contributed by atoms with Crippen LogP contribution in [0.5, 0.6) is 5.75 Å². The summed E-state index contributed by atoms with van der Waals surface area (Å²) < 4.78 is 6.14. The number of carbonyl (C=O) groups excluding carboxylic acids is 1. The van der Waals surface area contributed by atoms with Crippen molar-refractivity contribution in [3.63, 3.8) is 0 Å². The molecule has 0 radical (unpaired) electrons. The van der Waals surface area contributed by atoms with Crippen LogP contribution in [0.25, 0.3) is 0 Å². The maximum atomic E-state index is 12.5. The summed E-state index contributed by atoms with van der Waals surface area (Å²) in [7, 11) is 1.56. The Bertz CT molecular complexity index is 672. The molecule has 4 heteroatoms. The van der Waals surface area contributed by atoms with E-state index in [1.165, 1.54) is 0 Å². The van der Waals surface area contributed by atoms with Gasteiger partial charge in [-0.1, -0.05) is 17.7 Å². The Morgan fingerprint density at radius 2 is 1.81 bits per heavy atom. The highest BCUT2D eigenvalue weighted by Gasteiger charge is 2.15. The lowest BCUT2D eigenvalue weighted by Gasteiger charge is -2.14. The van der Waals surface area contributed by atoms with Gasteiger partial charge in [-0.05, 0) is 66.0 Å². The molecule has 0 atom stereocenters. The topological polar surface area (TPSA) is 38.3 Å².